The molecular weight excluding hydrogens is 148 g/mol. The first kappa shape index (κ1) is 10.3. The van der Waals surface area contributed by atoms with Crippen LogP contribution in [0.1, 0.15) is 20.8 Å². The molecule has 64 valence electrons. The van der Waals surface area contributed by atoms with Crippen molar-refractivity contribution in [2.45, 2.75) is 26.8 Å². The van der Waals surface area contributed by atoms with Gasteiger partial charge in [0.2, 0.25) is 0 Å². The number of halogens is 2. The van der Waals surface area contributed by atoms with Crippen LogP contribution in [-0.4, -0.2) is 18.4 Å². The van der Waals surface area contributed by atoms with Gasteiger partial charge >= 0.3 is 0 Å². The Kier molecular flexibility index (Phi) is 4.66. The standard InChI is InChI=1S/C8H13F2N/c1-4-8(10)7(3)11-6(2)5-9/h4,6H,5H2,1-3H3/b8-4+,11-7?/t6-/m1/s1. The zero-order chi connectivity index (χ0) is 8.85. The highest BCUT2D eigenvalue weighted by Gasteiger charge is 2.01. The van der Waals surface area contributed by atoms with Gasteiger partial charge in [-0.1, -0.05) is 0 Å². The highest BCUT2D eigenvalue weighted by atomic mass is 19.1. The fourth-order valence-corrected chi connectivity index (χ4v) is 0.636. The van der Waals surface area contributed by atoms with E-state index in [1.54, 1.807) is 13.8 Å². The molecule has 0 N–H and O–H groups in total. The number of hydrogen-bond donors (Lipinski definition) is 0. The van der Waals surface area contributed by atoms with Gasteiger partial charge in [-0.15, -0.1) is 0 Å². The minimum absolute atomic E-state index is 0.262. The number of alkyl halides is 1. The predicted molar refractivity (Wildman–Crippen MR) is 43.4 cm³/mol. The molecule has 0 bridgehead atoms. The highest BCUT2D eigenvalue weighted by Crippen LogP contribution is 2.02. The quantitative estimate of drug-likeness (QED) is 0.564. The van der Waals surface area contributed by atoms with Crippen LogP contribution >= 0.6 is 0 Å². The summed E-state index contributed by atoms with van der Waals surface area (Å²) in [6, 6.07) is -0.444. The average Bonchev–Trinajstić information content (AvgIpc) is 2.02. The van der Waals surface area contributed by atoms with Gasteiger partial charge in [0, 0.05) is 0 Å². The lowest BCUT2D eigenvalue weighted by molar-refractivity contribution is 0.446. The minimum Gasteiger partial charge on any atom is -0.281 e. The molecule has 3 heteroatoms. The lowest BCUT2D eigenvalue weighted by Gasteiger charge is -2.01. The molecule has 0 aliphatic rings. The van der Waals surface area contributed by atoms with Crippen LogP contribution in [0.15, 0.2) is 16.9 Å². The maximum atomic E-state index is 12.6. The molecule has 0 spiro atoms. The van der Waals surface area contributed by atoms with Crippen LogP contribution in [0.5, 0.6) is 0 Å². The zero-order valence-electron chi connectivity index (χ0n) is 7.06. The average molecular weight is 161 g/mol. The minimum atomic E-state index is -0.547. The summed E-state index contributed by atoms with van der Waals surface area (Å²) in [5, 5.41) is 0. The van der Waals surface area contributed by atoms with Gasteiger partial charge in [-0.05, 0) is 26.8 Å². The van der Waals surface area contributed by atoms with E-state index in [0.717, 1.165) is 0 Å². The van der Waals surface area contributed by atoms with E-state index in [1.165, 1.54) is 13.0 Å². The first-order valence-corrected chi connectivity index (χ1v) is 3.54. The second kappa shape index (κ2) is 4.99. The summed E-state index contributed by atoms with van der Waals surface area (Å²) >= 11 is 0. The SMILES string of the molecule is C/C=C(/F)C(C)=N[C@H](C)CF. The van der Waals surface area contributed by atoms with Crippen LogP contribution < -0.4 is 0 Å². The first-order valence-electron chi connectivity index (χ1n) is 3.54. The molecule has 0 unspecified atom stereocenters. The Balaban J connectivity index is 4.21. The summed E-state index contributed by atoms with van der Waals surface area (Å²) in [4.78, 5) is 3.76. The number of allylic oxidation sites excluding steroid dienone is 2. The van der Waals surface area contributed by atoms with E-state index in [1.807, 2.05) is 0 Å². The van der Waals surface area contributed by atoms with Crippen molar-refractivity contribution in [3.8, 4) is 0 Å². The second-order valence-corrected chi connectivity index (χ2v) is 2.35. The first-order chi connectivity index (χ1) is 5.11. The van der Waals surface area contributed by atoms with Gasteiger partial charge < -0.3 is 0 Å². The molecule has 1 nitrogen and oxygen atoms in total. The lowest BCUT2D eigenvalue weighted by atomic mass is 10.3. The van der Waals surface area contributed by atoms with Crippen molar-refractivity contribution < 1.29 is 8.78 Å². The zero-order valence-corrected chi connectivity index (χ0v) is 7.06. The molecule has 0 rings (SSSR count). The number of hydrogen-bond acceptors (Lipinski definition) is 1. The summed E-state index contributed by atoms with van der Waals surface area (Å²) in [7, 11) is 0. The molecule has 0 aliphatic carbocycles. The number of rotatable bonds is 3. The summed E-state index contributed by atoms with van der Waals surface area (Å²) in [6.07, 6.45) is 1.31. The van der Waals surface area contributed by atoms with Crippen LogP contribution in [0, 0.1) is 0 Å². The van der Waals surface area contributed by atoms with Gasteiger partial charge in [0.15, 0.2) is 0 Å². The Bertz CT molecular complexity index is 173. The van der Waals surface area contributed by atoms with Crippen molar-refractivity contribution in [3.63, 3.8) is 0 Å². The van der Waals surface area contributed by atoms with E-state index in [9.17, 15) is 8.78 Å². The van der Waals surface area contributed by atoms with Crippen molar-refractivity contribution in [2.75, 3.05) is 6.67 Å². The summed E-state index contributed by atoms with van der Waals surface area (Å²) in [5.41, 5.74) is 0.262. The van der Waals surface area contributed by atoms with Crippen molar-refractivity contribution in [3.05, 3.63) is 11.9 Å². The van der Waals surface area contributed by atoms with Crippen molar-refractivity contribution >= 4 is 5.71 Å². The van der Waals surface area contributed by atoms with E-state index in [2.05, 4.69) is 4.99 Å². The van der Waals surface area contributed by atoms with Crippen LogP contribution in [0.25, 0.3) is 0 Å². The highest BCUT2D eigenvalue weighted by molar-refractivity contribution is 5.96. The molecule has 0 amide bonds. The third-order valence-electron chi connectivity index (χ3n) is 1.24. The van der Waals surface area contributed by atoms with Crippen molar-refractivity contribution in [2.24, 2.45) is 4.99 Å². The molecule has 0 saturated carbocycles. The third-order valence-corrected chi connectivity index (χ3v) is 1.24. The monoisotopic (exact) mass is 161 g/mol. The van der Waals surface area contributed by atoms with Crippen molar-refractivity contribution in [1.82, 2.24) is 0 Å². The van der Waals surface area contributed by atoms with Crippen LogP contribution in [0.4, 0.5) is 8.78 Å². The van der Waals surface area contributed by atoms with Crippen LogP contribution in [0.2, 0.25) is 0 Å². The van der Waals surface area contributed by atoms with E-state index >= 15 is 0 Å². The fraction of sp³-hybridized carbons (Fsp3) is 0.625. The van der Waals surface area contributed by atoms with E-state index in [4.69, 9.17) is 0 Å². The Hall–Kier alpha value is -0.730. The van der Waals surface area contributed by atoms with Gasteiger partial charge in [-0.2, -0.15) is 0 Å². The molecule has 0 heterocycles. The number of nitrogens with zero attached hydrogens (tertiary/aromatic N) is 1. The Morgan fingerprint density at radius 2 is 2.18 bits per heavy atom. The van der Waals surface area contributed by atoms with E-state index in [-0.39, 0.29) is 11.5 Å². The Labute approximate surface area is 65.8 Å². The molecule has 0 saturated heterocycles. The molecular formula is C8H13F2N. The van der Waals surface area contributed by atoms with E-state index in [0.29, 0.717) is 0 Å². The molecule has 11 heavy (non-hydrogen) atoms. The van der Waals surface area contributed by atoms with Gasteiger partial charge in [0.05, 0.1) is 11.8 Å². The molecule has 0 radical (unpaired) electrons. The molecule has 0 aromatic carbocycles. The molecule has 0 fully saturated rings. The summed E-state index contributed by atoms with van der Waals surface area (Å²) in [5.74, 6) is -0.384. The molecule has 0 aliphatic heterocycles. The molecule has 0 aromatic heterocycles. The lowest BCUT2D eigenvalue weighted by Crippen LogP contribution is -2.04. The normalized spacial score (nSPS) is 16.8. The third kappa shape index (κ3) is 3.86. The summed E-state index contributed by atoms with van der Waals surface area (Å²) in [6.45, 7) is 4.16. The maximum absolute atomic E-state index is 12.6. The van der Waals surface area contributed by atoms with Gasteiger partial charge in [-0.25, -0.2) is 8.78 Å². The Morgan fingerprint density at radius 3 is 2.55 bits per heavy atom. The van der Waals surface area contributed by atoms with Gasteiger partial charge in [-0.3, -0.25) is 4.99 Å². The van der Waals surface area contributed by atoms with Crippen LogP contribution in [-0.2, 0) is 0 Å². The maximum Gasteiger partial charge on any atom is 0.139 e. The van der Waals surface area contributed by atoms with Crippen molar-refractivity contribution in [1.29, 1.82) is 0 Å². The number of aliphatic imine (C=N–C) groups is 1. The van der Waals surface area contributed by atoms with E-state index < -0.39 is 12.7 Å². The fourth-order valence-electron chi connectivity index (χ4n) is 0.636. The largest absolute Gasteiger partial charge is 0.281 e. The van der Waals surface area contributed by atoms with Gasteiger partial charge in [0.25, 0.3) is 0 Å². The Morgan fingerprint density at radius 1 is 1.64 bits per heavy atom. The molecule has 0 aromatic rings. The van der Waals surface area contributed by atoms with Gasteiger partial charge in [0.1, 0.15) is 12.5 Å². The smallest absolute Gasteiger partial charge is 0.139 e. The second-order valence-electron chi connectivity index (χ2n) is 2.35. The predicted octanol–water partition coefficient (Wildman–Crippen LogP) is 2.68. The van der Waals surface area contributed by atoms with Crippen LogP contribution in [0.3, 0.4) is 0 Å². The topological polar surface area (TPSA) is 12.4 Å². The summed E-state index contributed by atoms with van der Waals surface area (Å²) < 4.78 is 24.5. The molecule has 1 atom stereocenters.